The molecule has 4 aromatic heterocycles. The predicted molar refractivity (Wildman–Crippen MR) is 228 cm³/mol. The van der Waals surface area contributed by atoms with Gasteiger partial charge in [0.2, 0.25) is 11.9 Å². The molecule has 64 heavy (non-hydrogen) atoms. The topological polar surface area (TPSA) is 280 Å². The average Bonchev–Trinajstić information content (AvgIpc) is 4.04. The Morgan fingerprint density at radius 3 is 2.47 bits per heavy atom. The number of hydrogen-bond donors (Lipinski definition) is 4. The molecule has 0 radical (unpaired) electrons. The number of benzene rings is 1. The molecule has 28 heteroatoms. The van der Waals surface area contributed by atoms with Gasteiger partial charge in [-0.1, -0.05) is 44.3 Å². The van der Waals surface area contributed by atoms with E-state index in [1.807, 2.05) is 6.07 Å². The van der Waals surface area contributed by atoms with Crippen LogP contribution in [0.5, 0.6) is 0 Å². The zero-order valence-corrected chi connectivity index (χ0v) is 37.5. The molecule has 3 aliphatic rings. The number of imidazole rings is 2. The number of nitriles is 1. The minimum atomic E-state index is -4.51. The van der Waals surface area contributed by atoms with Crippen molar-refractivity contribution in [1.29, 1.82) is 5.26 Å². The van der Waals surface area contributed by atoms with Crippen LogP contribution in [0.1, 0.15) is 50.0 Å². The maximum atomic E-state index is 16.9. The quantitative estimate of drug-likeness (QED) is 0.0813. The Morgan fingerprint density at radius 1 is 1.02 bits per heavy atom. The summed E-state index contributed by atoms with van der Waals surface area (Å²) in [5.74, 6) is -1.46. The molecule has 2 unspecified atom stereocenters. The summed E-state index contributed by atoms with van der Waals surface area (Å²) >= 11 is 10.1. The lowest BCUT2D eigenvalue weighted by molar-refractivity contribution is -0.118. The summed E-state index contributed by atoms with van der Waals surface area (Å²) in [6, 6.07) is 10.4. The number of hydrogen-bond acceptors (Lipinski definition) is 19. The normalized spacial score (nSPS) is 29.7. The zero-order chi connectivity index (χ0) is 45.3. The number of anilines is 2. The molecular formula is C36H40FN11O12P2S2. The third kappa shape index (κ3) is 9.53. The molecule has 10 atom stereocenters. The summed E-state index contributed by atoms with van der Waals surface area (Å²) in [6.45, 7) is -4.82. The van der Waals surface area contributed by atoms with Gasteiger partial charge in [0, 0.05) is 18.1 Å². The van der Waals surface area contributed by atoms with Gasteiger partial charge in [-0.3, -0.25) is 47.4 Å². The van der Waals surface area contributed by atoms with Crippen molar-refractivity contribution in [2.45, 2.75) is 76.3 Å². The second kappa shape index (κ2) is 19.1. The average molecular weight is 964 g/mol. The third-order valence-electron chi connectivity index (χ3n) is 10.1. The number of H-pyrrole nitrogens is 1. The number of ether oxygens (including phenoxy) is 3. The number of carbonyl (C=O) groups excluding carboxylic acids is 2. The lowest BCUT2D eigenvalue weighted by atomic mass is 10.1. The molecule has 2 bridgehead atoms. The van der Waals surface area contributed by atoms with Gasteiger partial charge in [0.25, 0.3) is 11.5 Å². The molecule has 3 aliphatic heterocycles. The van der Waals surface area contributed by atoms with Gasteiger partial charge in [0.05, 0.1) is 45.0 Å². The largest absolute Gasteiger partial charge is 0.386 e. The molecule has 1 aromatic carbocycles. The van der Waals surface area contributed by atoms with Crippen LogP contribution in [0.25, 0.3) is 22.3 Å². The van der Waals surface area contributed by atoms with Crippen molar-refractivity contribution in [1.82, 2.24) is 39.0 Å². The molecule has 5 aromatic rings. The highest BCUT2D eigenvalue weighted by molar-refractivity contribution is 8.44. The molecule has 2 amide bonds. The van der Waals surface area contributed by atoms with Crippen LogP contribution in [-0.4, -0.2) is 114 Å². The molecule has 3 fully saturated rings. The summed E-state index contributed by atoms with van der Waals surface area (Å²) in [7, 11) is 0. The Labute approximate surface area is 372 Å². The standard InChI is InChI=1S/C36H40FN11O12P2S2/c1-4-53-26-21-13-55-61(52,63)59-25-20(57-34(22(25)37)47-16-41-23-28(39-15-40-29(23)47)43-32(50)19-9-6-5-7-10-19)14-56-62(64,54-12-8-11-38)60-27(26)35(58-21)48-17-42-24-30(48)44-36(46-33(24)51)45-31(49)18(2)3/h5-7,9-10,15-18,20-22,25-27,34-35H,4,8,12-14H2,1-3H3,(H,52,63)(H,39,40,43,50)(H2,44,45,46,49,51)/t20-,21-,22-,25-,26-,27-,34+,35-,61?,62?/m1/s1. The summed E-state index contributed by atoms with van der Waals surface area (Å²) < 4.78 is 82.5. The SMILES string of the molecule is CCO[C@H]1[C@H]2OP(=S)(OCCC#N)OC[C@H]3O[C@H](n4cnc5c(NC(=O)c6ccccc6)ncnc54)[C@H](F)[C@@H]3OP(=O)(S)OC[C@H]1O[C@H]2n1cnc2c(=O)[nH]c(NC(=O)C(C)C)nc21. The number of nitrogens with zero attached hydrogens (tertiary/aromatic N) is 8. The fourth-order valence-electron chi connectivity index (χ4n) is 7.05. The van der Waals surface area contributed by atoms with Gasteiger partial charge in [-0.15, -0.1) is 0 Å². The van der Waals surface area contributed by atoms with Crippen LogP contribution in [0.4, 0.5) is 16.2 Å². The Kier molecular flexibility index (Phi) is 13.7. The van der Waals surface area contributed by atoms with Crippen molar-refractivity contribution in [3.63, 3.8) is 0 Å². The predicted octanol–water partition coefficient (Wildman–Crippen LogP) is 4.35. The number of alkyl halides is 1. The number of aromatic nitrogens is 8. The molecule has 0 saturated carbocycles. The highest BCUT2D eigenvalue weighted by Gasteiger charge is 2.54. The van der Waals surface area contributed by atoms with Gasteiger partial charge in [0.1, 0.15) is 36.8 Å². The van der Waals surface area contributed by atoms with Crippen LogP contribution >= 0.6 is 25.8 Å². The van der Waals surface area contributed by atoms with Crippen LogP contribution < -0.4 is 16.2 Å². The van der Waals surface area contributed by atoms with Crippen LogP contribution in [0.2, 0.25) is 0 Å². The smallest absolute Gasteiger partial charge is 0.373 e. The molecular weight excluding hydrogens is 924 g/mol. The maximum absolute atomic E-state index is 16.9. The second-order valence-corrected chi connectivity index (χ2v) is 20.5. The molecule has 0 aliphatic carbocycles. The summed E-state index contributed by atoms with van der Waals surface area (Å²) in [5, 5.41) is 14.6. The number of carbonyl (C=O) groups is 2. The number of aromatic amines is 1. The lowest BCUT2D eigenvalue weighted by Crippen LogP contribution is -2.38. The first kappa shape index (κ1) is 45.9. The number of nitrogens with one attached hydrogen (secondary N) is 3. The van der Waals surface area contributed by atoms with Crippen LogP contribution in [0.15, 0.2) is 54.1 Å². The van der Waals surface area contributed by atoms with Crippen LogP contribution in [0.3, 0.4) is 0 Å². The van der Waals surface area contributed by atoms with E-state index in [1.54, 1.807) is 51.1 Å². The highest BCUT2D eigenvalue weighted by atomic mass is 32.7. The number of rotatable bonds is 11. The fraction of sp³-hybridized carbons (Fsp3) is 0.472. The number of fused-ring (bicyclic) bond motifs is 5. The van der Waals surface area contributed by atoms with Gasteiger partial charge >= 0.3 is 13.5 Å². The molecule has 340 valence electrons. The third-order valence-corrected chi connectivity index (χ3v) is 14.0. The van der Waals surface area contributed by atoms with Gasteiger partial charge in [0.15, 0.2) is 46.8 Å². The van der Waals surface area contributed by atoms with Crippen LogP contribution in [0, 0.1) is 17.2 Å². The monoisotopic (exact) mass is 963 g/mol. The van der Waals surface area contributed by atoms with Gasteiger partial charge in [-0.05, 0) is 30.9 Å². The molecule has 3 N–H and O–H groups in total. The van der Waals surface area contributed by atoms with Gasteiger partial charge in [-0.25, -0.2) is 28.9 Å². The second-order valence-electron chi connectivity index (χ2n) is 14.6. The number of halogens is 1. The molecule has 3 saturated heterocycles. The first-order valence-corrected chi connectivity index (χ1v) is 24.9. The molecule has 8 rings (SSSR count). The van der Waals surface area contributed by atoms with E-state index in [1.165, 1.54) is 21.8 Å². The van der Waals surface area contributed by atoms with Gasteiger partial charge in [-0.2, -0.15) is 10.2 Å². The number of thiol groups is 1. The minimum Gasteiger partial charge on any atom is -0.373 e. The van der Waals surface area contributed by atoms with E-state index in [0.29, 0.717) is 5.56 Å². The van der Waals surface area contributed by atoms with Crippen molar-refractivity contribution >= 4 is 83.5 Å². The summed E-state index contributed by atoms with van der Waals surface area (Å²) in [5.41, 5.74) is -0.299. The Hall–Kier alpha value is -4.61. The van der Waals surface area contributed by atoms with Crippen molar-refractivity contribution in [2.75, 3.05) is 37.1 Å². The molecule has 23 nitrogen and oxygen atoms in total. The van der Waals surface area contributed by atoms with Crippen LogP contribution in [-0.2, 0) is 58.0 Å². The first-order valence-electron chi connectivity index (χ1n) is 19.7. The van der Waals surface area contributed by atoms with Gasteiger partial charge < -0.3 is 28.6 Å². The Balaban J connectivity index is 1.12. The van der Waals surface area contributed by atoms with E-state index in [4.69, 9.17) is 48.6 Å². The van der Waals surface area contributed by atoms with E-state index in [9.17, 15) is 24.2 Å². The highest BCUT2D eigenvalue weighted by Crippen LogP contribution is 2.59. The Morgan fingerprint density at radius 2 is 1.73 bits per heavy atom. The van der Waals surface area contributed by atoms with Crippen molar-refractivity contribution < 1.29 is 55.4 Å². The maximum Gasteiger partial charge on any atom is 0.386 e. The van der Waals surface area contributed by atoms with Crippen molar-refractivity contribution in [3.8, 4) is 6.07 Å². The fourth-order valence-corrected chi connectivity index (χ4v) is 10.6. The van der Waals surface area contributed by atoms with Crippen molar-refractivity contribution in [3.05, 3.63) is 65.2 Å². The summed E-state index contributed by atoms with van der Waals surface area (Å²) in [4.78, 5) is 62.6. The number of amides is 2. The minimum absolute atomic E-state index is 0.0348. The Bertz CT molecular complexity index is 2740. The molecule has 0 spiro atoms. The van der Waals surface area contributed by atoms with E-state index >= 15 is 4.39 Å². The van der Waals surface area contributed by atoms with E-state index in [2.05, 4.69) is 52.8 Å². The first-order chi connectivity index (χ1) is 30.7. The molecule has 7 heterocycles. The van der Waals surface area contributed by atoms with Crippen molar-refractivity contribution in [2.24, 2.45) is 5.92 Å². The van der Waals surface area contributed by atoms with E-state index in [0.717, 1.165) is 6.33 Å². The van der Waals surface area contributed by atoms with E-state index < -0.39 is 99.2 Å². The van der Waals surface area contributed by atoms with E-state index in [-0.39, 0.29) is 53.7 Å². The summed E-state index contributed by atoms with van der Waals surface area (Å²) in [6.07, 6.45) is -7.98. The zero-order valence-electron chi connectivity index (χ0n) is 34.0. The lowest BCUT2D eigenvalue weighted by Gasteiger charge is -2.31.